The van der Waals surface area contributed by atoms with E-state index in [-0.39, 0.29) is 17.6 Å². The Morgan fingerprint density at radius 1 is 1.22 bits per heavy atom. The molecule has 1 saturated heterocycles. The lowest BCUT2D eigenvalue weighted by Crippen LogP contribution is -2.41. The first-order valence-electron chi connectivity index (χ1n) is 9.78. The summed E-state index contributed by atoms with van der Waals surface area (Å²) in [4.78, 5) is 23.1. The highest BCUT2D eigenvalue weighted by Gasteiger charge is 2.25. The van der Waals surface area contributed by atoms with Gasteiger partial charge in [-0.1, -0.05) is 31.9 Å². The van der Waals surface area contributed by atoms with Crippen molar-refractivity contribution in [2.45, 2.75) is 39.0 Å². The van der Waals surface area contributed by atoms with Crippen molar-refractivity contribution in [1.29, 1.82) is 0 Å². The maximum Gasteiger partial charge on any atom is 0.223 e. The molecule has 1 aromatic carbocycles. The second-order valence-corrected chi connectivity index (χ2v) is 7.03. The maximum atomic E-state index is 13.5. The van der Waals surface area contributed by atoms with Crippen LogP contribution in [0, 0.1) is 11.7 Å². The lowest BCUT2D eigenvalue weighted by Gasteiger charge is -2.32. The van der Waals surface area contributed by atoms with Crippen molar-refractivity contribution in [3.63, 3.8) is 0 Å². The van der Waals surface area contributed by atoms with Crippen LogP contribution >= 0.6 is 0 Å². The van der Waals surface area contributed by atoms with Gasteiger partial charge in [0.2, 0.25) is 5.91 Å². The van der Waals surface area contributed by atoms with Crippen molar-refractivity contribution < 1.29 is 9.18 Å². The number of nitrogens with one attached hydrogen (secondary N) is 1. The van der Waals surface area contributed by atoms with Crippen LogP contribution in [0.5, 0.6) is 0 Å². The zero-order valence-electron chi connectivity index (χ0n) is 15.8. The van der Waals surface area contributed by atoms with E-state index in [2.05, 4.69) is 27.1 Å². The molecule has 0 atom stereocenters. The summed E-state index contributed by atoms with van der Waals surface area (Å²) >= 11 is 0. The molecule has 5 nitrogen and oxygen atoms in total. The number of hydrogen-bond donors (Lipinski definition) is 1. The first kappa shape index (κ1) is 19.3. The third-order valence-corrected chi connectivity index (χ3v) is 5.04. The number of anilines is 1. The summed E-state index contributed by atoms with van der Waals surface area (Å²) in [6.45, 7) is 4.50. The summed E-state index contributed by atoms with van der Waals surface area (Å²) in [5.74, 6) is 0.797. The summed E-state index contributed by atoms with van der Waals surface area (Å²) < 4.78 is 13.5. The Hall–Kier alpha value is -2.50. The van der Waals surface area contributed by atoms with Crippen molar-refractivity contribution >= 4 is 11.7 Å². The Morgan fingerprint density at radius 2 is 2.04 bits per heavy atom. The average molecular weight is 370 g/mol. The van der Waals surface area contributed by atoms with Crippen LogP contribution in [0.25, 0.3) is 11.3 Å². The standard InChI is InChI=1S/C21H27FN4O/c1-2-3-4-10-23-21(27)16-8-11-26(12-9-16)20-14-19(24-15-25-20)17-6-5-7-18(22)13-17/h5-7,13-16H,2-4,8-12H2,1H3,(H,23,27). The molecule has 1 fully saturated rings. The van der Waals surface area contributed by atoms with E-state index in [1.54, 1.807) is 6.07 Å². The molecule has 144 valence electrons. The Kier molecular flexibility index (Phi) is 6.74. The molecule has 1 aliphatic heterocycles. The van der Waals surface area contributed by atoms with Crippen LogP contribution in [0.2, 0.25) is 0 Å². The molecule has 1 N–H and O–H groups in total. The molecule has 0 aliphatic carbocycles. The highest BCUT2D eigenvalue weighted by atomic mass is 19.1. The number of halogens is 1. The summed E-state index contributed by atoms with van der Waals surface area (Å²) in [5.41, 5.74) is 1.44. The number of carbonyl (C=O) groups is 1. The van der Waals surface area contributed by atoms with E-state index >= 15 is 0 Å². The van der Waals surface area contributed by atoms with Gasteiger partial charge in [0.05, 0.1) is 5.69 Å². The van der Waals surface area contributed by atoms with E-state index in [0.29, 0.717) is 5.69 Å². The second-order valence-electron chi connectivity index (χ2n) is 7.03. The summed E-state index contributed by atoms with van der Waals surface area (Å²) in [6, 6.07) is 8.30. The topological polar surface area (TPSA) is 58.1 Å². The van der Waals surface area contributed by atoms with Crippen LogP contribution in [-0.4, -0.2) is 35.5 Å². The third-order valence-electron chi connectivity index (χ3n) is 5.04. The molecule has 0 radical (unpaired) electrons. The van der Waals surface area contributed by atoms with Gasteiger partial charge in [-0.25, -0.2) is 14.4 Å². The Morgan fingerprint density at radius 3 is 2.78 bits per heavy atom. The lowest BCUT2D eigenvalue weighted by molar-refractivity contribution is -0.125. The van der Waals surface area contributed by atoms with Crippen LogP contribution in [0.3, 0.4) is 0 Å². The van der Waals surface area contributed by atoms with Gasteiger partial charge in [0.1, 0.15) is 18.0 Å². The monoisotopic (exact) mass is 370 g/mol. The molecule has 2 aromatic rings. The van der Waals surface area contributed by atoms with E-state index in [0.717, 1.165) is 63.1 Å². The first-order valence-corrected chi connectivity index (χ1v) is 9.78. The number of aromatic nitrogens is 2. The molecular formula is C21H27FN4O. The van der Waals surface area contributed by atoms with E-state index in [4.69, 9.17) is 0 Å². The fourth-order valence-corrected chi connectivity index (χ4v) is 3.43. The summed E-state index contributed by atoms with van der Waals surface area (Å²) in [7, 11) is 0. The van der Waals surface area contributed by atoms with Gasteiger partial charge in [-0.3, -0.25) is 4.79 Å². The maximum absolute atomic E-state index is 13.5. The van der Waals surface area contributed by atoms with Gasteiger partial charge < -0.3 is 10.2 Å². The van der Waals surface area contributed by atoms with Crippen molar-refractivity contribution in [2.75, 3.05) is 24.5 Å². The van der Waals surface area contributed by atoms with Crippen molar-refractivity contribution in [3.8, 4) is 11.3 Å². The van der Waals surface area contributed by atoms with Gasteiger partial charge in [-0.15, -0.1) is 0 Å². The minimum atomic E-state index is -0.279. The van der Waals surface area contributed by atoms with Crippen LogP contribution in [0.4, 0.5) is 10.2 Å². The average Bonchev–Trinajstić information content (AvgIpc) is 2.71. The zero-order valence-corrected chi connectivity index (χ0v) is 15.8. The Bertz CT molecular complexity index is 759. The van der Waals surface area contributed by atoms with Gasteiger partial charge >= 0.3 is 0 Å². The van der Waals surface area contributed by atoms with Crippen LogP contribution in [-0.2, 0) is 4.79 Å². The van der Waals surface area contributed by atoms with Gasteiger partial charge in [-0.2, -0.15) is 0 Å². The SMILES string of the molecule is CCCCCNC(=O)C1CCN(c2cc(-c3cccc(F)c3)ncn2)CC1. The Labute approximate surface area is 160 Å². The molecule has 1 aliphatic rings. The number of piperidine rings is 1. The van der Waals surface area contributed by atoms with Crippen molar-refractivity contribution in [2.24, 2.45) is 5.92 Å². The fraction of sp³-hybridized carbons (Fsp3) is 0.476. The van der Waals surface area contributed by atoms with E-state index in [9.17, 15) is 9.18 Å². The normalized spacial score (nSPS) is 15.0. The molecule has 27 heavy (non-hydrogen) atoms. The molecular weight excluding hydrogens is 343 g/mol. The number of rotatable bonds is 7. The first-order chi connectivity index (χ1) is 13.2. The molecule has 3 rings (SSSR count). The van der Waals surface area contributed by atoms with Gasteiger partial charge in [0.25, 0.3) is 0 Å². The molecule has 0 saturated carbocycles. The van der Waals surface area contributed by atoms with E-state index < -0.39 is 0 Å². The molecule has 2 heterocycles. The number of carbonyl (C=O) groups excluding carboxylic acids is 1. The van der Waals surface area contributed by atoms with Crippen molar-refractivity contribution in [3.05, 3.63) is 42.5 Å². The molecule has 0 unspecified atom stereocenters. The smallest absolute Gasteiger partial charge is 0.223 e. The van der Waals surface area contributed by atoms with Gasteiger partial charge in [-0.05, 0) is 31.4 Å². The number of benzene rings is 1. The number of amides is 1. The number of nitrogens with zero attached hydrogens (tertiary/aromatic N) is 3. The molecule has 0 spiro atoms. The van der Waals surface area contributed by atoms with Crippen LogP contribution in [0.1, 0.15) is 39.0 Å². The van der Waals surface area contributed by atoms with Crippen LogP contribution in [0.15, 0.2) is 36.7 Å². The highest BCUT2D eigenvalue weighted by Crippen LogP contribution is 2.25. The molecule has 0 bridgehead atoms. The molecule has 1 aromatic heterocycles. The van der Waals surface area contributed by atoms with Gasteiger partial charge in [0.15, 0.2) is 0 Å². The third kappa shape index (κ3) is 5.25. The van der Waals surface area contributed by atoms with E-state index in [1.165, 1.54) is 18.5 Å². The quantitative estimate of drug-likeness (QED) is 0.753. The number of hydrogen-bond acceptors (Lipinski definition) is 4. The summed E-state index contributed by atoms with van der Waals surface area (Å²) in [5, 5.41) is 3.06. The molecule has 1 amide bonds. The van der Waals surface area contributed by atoms with Gasteiger partial charge in [0, 0.05) is 37.2 Å². The highest BCUT2D eigenvalue weighted by molar-refractivity contribution is 5.79. The van der Waals surface area contributed by atoms with Crippen molar-refractivity contribution in [1.82, 2.24) is 15.3 Å². The van der Waals surface area contributed by atoms with Crippen LogP contribution < -0.4 is 10.2 Å². The lowest BCUT2D eigenvalue weighted by atomic mass is 9.95. The molecule has 6 heteroatoms. The predicted molar refractivity (Wildman–Crippen MR) is 105 cm³/mol. The summed E-state index contributed by atoms with van der Waals surface area (Å²) in [6.07, 6.45) is 6.51. The Balaban J connectivity index is 1.57. The predicted octanol–water partition coefficient (Wildman–Crippen LogP) is 3.81. The minimum absolute atomic E-state index is 0.0763. The second kappa shape index (κ2) is 9.44. The zero-order chi connectivity index (χ0) is 19.1. The minimum Gasteiger partial charge on any atom is -0.356 e. The van der Waals surface area contributed by atoms with E-state index in [1.807, 2.05) is 12.1 Å². The fourth-order valence-electron chi connectivity index (χ4n) is 3.43. The largest absolute Gasteiger partial charge is 0.356 e. The number of unbranched alkanes of at least 4 members (excludes halogenated alkanes) is 2.